The molecule has 2 amide bonds. The van der Waals surface area contributed by atoms with Gasteiger partial charge in [-0.15, -0.1) is 0 Å². The second-order valence-electron chi connectivity index (χ2n) is 4.80. The number of carbonyl (C=O) groups is 1. The zero-order chi connectivity index (χ0) is 15.7. The molecular formula is C17H15FN2O2. The third kappa shape index (κ3) is 2.30. The van der Waals surface area contributed by atoms with Crippen LogP contribution in [0.4, 0.5) is 20.6 Å². The summed E-state index contributed by atoms with van der Waals surface area (Å²) in [5.74, 6) is 0.190. The predicted molar refractivity (Wildman–Crippen MR) is 84.5 cm³/mol. The lowest BCUT2D eigenvalue weighted by Crippen LogP contribution is -2.37. The summed E-state index contributed by atoms with van der Waals surface area (Å²) >= 11 is 0. The van der Waals surface area contributed by atoms with Crippen LogP contribution in [0.5, 0.6) is 5.75 Å². The van der Waals surface area contributed by atoms with E-state index in [-0.39, 0.29) is 5.69 Å². The molecule has 1 heterocycles. The molecule has 2 aromatic rings. The Morgan fingerprint density at radius 3 is 2.77 bits per heavy atom. The molecule has 5 heteroatoms. The minimum atomic E-state index is -0.483. The monoisotopic (exact) mass is 298 g/mol. The van der Waals surface area contributed by atoms with E-state index in [0.29, 0.717) is 29.3 Å². The number of fused-ring (bicyclic) bond motifs is 1. The van der Waals surface area contributed by atoms with Gasteiger partial charge in [-0.25, -0.2) is 9.18 Å². The van der Waals surface area contributed by atoms with E-state index in [4.69, 9.17) is 4.74 Å². The van der Waals surface area contributed by atoms with Gasteiger partial charge in [0.15, 0.2) is 0 Å². The molecule has 2 aromatic carbocycles. The van der Waals surface area contributed by atoms with Crippen LogP contribution in [0.2, 0.25) is 0 Å². The van der Waals surface area contributed by atoms with Gasteiger partial charge in [0.2, 0.25) is 0 Å². The molecule has 0 aliphatic carbocycles. The fraction of sp³-hybridized carbons (Fsp3) is 0.118. The Kier molecular flexibility index (Phi) is 3.55. The molecular weight excluding hydrogens is 283 g/mol. The Bertz CT molecular complexity index is 758. The molecule has 4 nitrogen and oxygen atoms in total. The topological polar surface area (TPSA) is 41.6 Å². The van der Waals surface area contributed by atoms with Crippen LogP contribution in [0.1, 0.15) is 12.5 Å². The number of halogens is 1. The van der Waals surface area contributed by atoms with Crippen LogP contribution in [-0.4, -0.2) is 12.6 Å². The van der Waals surface area contributed by atoms with Crippen molar-refractivity contribution in [2.45, 2.75) is 6.92 Å². The Morgan fingerprint density at radius 1 is 1.27 bits per heavy atom. The maximum absolute atomic E-state index is 14.0. The number of carbonyl (C=O) groups excluding carboxylic acids is 1. The van der Waals surface area contributed by atoms with Crippen LogP contribution in [0.25, 0.3) is 5.70 Å². The molecule has 0 atom stereocenters. The first-order chi connectivity index (χ1) is 10.6. The zero-order valence-electron chi connectivity index (χ0n) is 12.1. The summed E-state index contributed by atoms with van der Waals surface area (Å²) in [5, 5.41) is 2.74. The fourth-order valence-electron chi connectivity index (χ4n) is 2.43. The number of amides is 2. The minimum Gasteiger partial charge on any atom is -0.494 e. The Hall–Kier alpha value is -2.82. The van der Waals surface area contributed by atoms with Crippen LogP contribution < -0.4 is 15.0 Å². The van der Waals surface area contributed by atoms with Gasteiger partial charge in [-0.05, 0) is 37.3 Å². The first kappa shape index (κ1) is 14.1. The second kappa shape index (κ2) is 5.52. The van der Waals surface area contributed by atoms with Crippen molar-refractivity contribution in [2.24, 2.45) is 0 Å². The summed E-state index contributed by atoms with van der Waals surface area (Å²) < 4.78 is 19.5. The highest BCUT2D eigenvalue weighted by molar-refractivity contribution is 6.16. The number of nitrogens with zero attached hydrogens (tertiary/aromatic N) is 1. The van der Waals surface area contributed by atoms with Gasteiger partial charge in [-0.1, -0.05) is 18.7 Å². The number of benzene rings is 2. The van der Waals surface area contributed by atoms with E-state index in [2.05, 4.69) is 11.9 Å². The lowest BCUT2D eigenvalue weighted by Gasteiger charge is -2.31. The molecule has 22 heavy (non-hydrogen) atoms. The number of para-hydroxylation sites is 1. The van der Waals surface area contributed by atoms with Crippen molar-refractivity contribution < 1.29 is 13.9 Å². The van der Waals surface area contributed by atoms with Gasteiger partial charge in [-0.3, -0.25) is 4.90 Å². The lowest BCUT2D eigenvalue weighted by atomic mass is 10.1. The van der Waals surface area contributed by atoms with Crippen LogP contribution in [0, 0.1) is 5.82 Å². The summed E-state index contributed by atoms with van der Waals surface area (Å²) in [4.78, 5) is 13.5. The van der Waals surface area contributed by atoms with E-state index < -0.39 is 11.8 Å². The maximum Gasteiger partial charge on any atom is 0.331 e. The van der Waals surface area contributed by atoms with Gasteiger partial charge in [0.05, 0.1) is 23.7 Å². The first-order valence-electron chi connectivity index (χ1n) is 6.93. The molecule has 0 aromatic heterocycles. The van der Waals surface area contributed by atoms with Gasteiger partial charge in [0.25, 0.3) is 0 Å². The van der Waals surface area contributed by atoms with Crippen LogP contribution in [0.15, 0.2) is 49.0 Å². The van der Waals surface area contributed by atoms with E-state index >= 15 is 0 Å². The normalized spacial score (nSPS) is 13.6. The standard InChI is InChI=1S/C17H15FN2O2/c1-3-22-12-8-9-15-13(10-12)11(2)20(17(21)19-15)16-7-5-4-6-14(16)18/h4-10H,2-3H2,1H3,(H,19,21). The number of nitrogens with one attached hydrogen (secondary N) is 1. The first-order valence-corrected chi connectivity index (χ1v) is 6.93. The van der Waals surface area contributed by atoms with Crippen molar-refractivity contribution in [2.75, 3.05) is 16.8 Å². The van der Waals surface area contributed by atoms with Crippen LogP contribution in [0.3, 0.4) is 0 Å². The van der Waals surface area contributed by atoms with Gasteiger partial charge in [0, 0.05) is 5.56 Å². The second-order valence-corrected chi connectivity index (χ2v) is 4.80. The number of hydrogen-bond acceptors (Lipinski definition) is 2. The molecule has 0 saturated heterocycles. The number of anilines is 2. The minimum absolute atomic E-state index is 0.164. The van der Waals surface area contributed by atoms with Crippen LogP contribution in [-0.2, 0) is 0 Å². The van der Waals surface area contributed by atoms with E-state index in [1.165, 1.54) is 17.0 Å². The molecule has 3 rings (SSSR count). The van der Waals surface area contributed by atoms with Gasteiger partial charge in [-0.2, -0.15) is 0 Å². The molecule has 0 radical (unpaired) electrons. The van der Waals surface area contributed by atoms with E-state index in [1.807, 2.05) is 6.92 Å². The summed E-state index contributed by atoms with van der Waals surface area (Å²) in [5.41, 5.74) is 1.91. The highest BCUT2D eigenvalue weighted by Crippen LogP contribution is 2.37. The third-order valence-electron chi connectivity index (χ3n) is 3.42. The fourth-order valence-corrected chi connectivity index (χ4v) is 2.43. The predicted octanol–water partition coefficient (Wildman–Crippen LogP) is 4.25. The molecule has 0 spiro atoms. The smallest absolute Gasteiger partial charge is 0.331 e. The highest BCUT2D eigenvalue weighted by Gasteiger charge is 2.29. The Morgan fingerprint density at radius 2 is 2.05 bits per heavy atom. The maximum atomic E-state index is 14.0. The number of ether oxygens (including phenoxy) is 1. The van der Waals surface area contributed by atoms with Crippen molar-refractivity contribution in [1.29, 1.82) is 0 Å². The van der Waals surface area contributed by atoms with Crippen molar-refractivity contribution in [3.05, 3.63) is 60.4 Å². The molecule has 0 unspecified atom stereocenters. The zero-order valence-corrected chi connectivity index (χ0v) is 12.1. The molecule has 1 N–H and O–H groups in total. The number of rotatable bonds is 3. The highest BCUT2D eigenvalue weighted by atomic mass is 19.1. The quantitative estimate of drug-likeness (QED) is 0.920. The van der Waals surface area contributed by atoms with Crippen molar-refractivity contribution in [3.63, 3.8) is 0 Å². The van der Waals surface area contributed by atoms with Crippen molar-refractivity contribution >= 4 is 23.1 Å². The van der Waals surface area contributed by atoms with Crippen molar-refractivity contribution in [1.82, 2.24) is 0 Å². The van der Waals surface area contributed by atoms with E-state index in [9.17, 15) is 9.18 Å². The molecule has 0 bridgehead atoms. The molecule has 1 aliphatic rings. The van der Waals surface area contributed by atoms with Gasteiger partial charge in [0.1, 0.15) is 11.6 Å². The van der Waals surface area contributed by atoms with E-state index in [1.54, 1.807) is 30.3 Å². The van der Waals surface area contributed by atoms with Crippen LogP contribution >= 0.6 is 0 Å². The molecule has 112 valence electrons. The summed E-state index contributed by atoms with van der Waals surface area (Å²) in [6.07, 6.45) is 0. The number of hydrogen-bond donors (Lipinski definition) is 1. The Balaban J connectivity index is 2.06. The SMILES string of the molecule is C=C1c2cc(OCC)ccc2NC(=O)N1c1ccccc1F. The van der Waals surface area contributed by atoms with Gasteiger partial charge < -0.3 is 10.1 Å². The molecule has 1 aliphatic heterocycles. The van der Waals surface area contributed by atoms with Crippen molar-refractivity contribution in [3.8, 4) is 5.75 Å². The Labute approximate surface area is 127 Å². The third-order valence-corrected chi connectivity index (χ3v) is 3.42. The van der Waals surface area contributed by atoms with Gasteiger partial charge >= 0.3 is 6.03 Å². The largest absolute Gasteiger partial charge is 0.494 e. The van der Waals surface area contributed by atoms with E-state index in [0.717, 1.165) is 0 Å². The average molecular weight is 298 g/mol. The summed E-state index contributed by atoms with van der Waals surface area (Å²) in [7, 11) is 0. The molecule has 0 saturated carbocycles. The molecule has 0 fully saturated rings. The average Bonchev–Trinajstić information content (AvgIpc) is 2.50. The number of urea groups is 1. The lowest BCUT2D eigenvalue weighted by molar-refractivity contribution is 0.258. The summed E-state index contributed by atoms with van der Waals surface area (Å²) in [6, 6.07) is 11.0. The summed E-state index contributed by atoms with van der Waals surface area (Å²) in [6.45, 7) is 6.38.